The lowest BCUT2D eigenvalue weighted by atomic mass is 10.1. The summed E-state index contributed by atoms with van der Waals surface area (Å²) in [5, 5.41) is 2.34. The number of carbonyl (C=O) groups excluding carboxylic acids is 1. The molecule has 1 rings (SSSR count). The van der Waals surface area contributed by atoms with E-state index in [2.05, 4.69) is 5.32 Å². The Hall–Kier alpha value is -2.50. The molecule has 6 heteroatoms. The highest BCUT2D eigenvalue weighted by molar-refractivity contribution is 5.94. The molecule has 0 aromatic heterocycles. The first kappa shape index (κ1) is 13.6. The molecule has 0 bridgehead atoms. The van der Waals surface area contributed by atoms with Crippen molar-refractivity contribution >= 4 is 11.6 Å². The Morgan fingerprint density at radius 3 is 2.44 bits per heavy atom. The lowest BCUT2D eigenvalue weighted by molar-refractivity contribution is 0.0959. The molecule has 96 valence electrons. The minimum Gasteiger partial charge on any atom is -0.398 e. The van der Waals surface area contributed by atoms with Crippen LogP contribution in [0.4, 0.5) is 4.39 Å². The van der Waals surface area contributed by atoms with Gasteiger partial charge in [0.2, 0.25) is 0 Å². The van der Waals surface area contributed by atoms with E-state index in [9.17, 15) is 9.18 Å². The maximum Gasteiger partial charge on any atom is 0.253 e. The summed E-state index contributed by atoms with van der Waals surface area (Å²) in [5.41, 5.74) is 16.9. The van der Waals surface area contributed by atoms with Crippen molar-refractivity contribution in [1.29, 1.82) is 0 Å². The Morgan fingerprint density at radius 1 is 1.28 bits per heavy atom. The zero-order chi connectivity index (χ0) is 13.7. The number of amides is 1. The van der Waals surface area contributed by atoms with Crippen LogP contribution in [0.15, 0.2) is 36.2 Å². The normalized spacial score (nSPS) is 10.9. The number of carbonyl (C=O) groups is 1. The Morgan fingerprint density at radius 2 is 1.94 bits per heavy atom. The molecule has 1 aromatic carbocycles. The molecule has 1 amide bonds. The van der Waals surface area contributed by atoms with Crippen LogP contribution in [0.25, 0.3) is 5.70 Å². The van der Waals surface area contributed by atoms with Crippen LogP contribution >= 0.6 is 0 Å². The maximum absolute atomic E-state index is 13.6. The molecule has 18 heavy (non-hydrogen) atoms. The molecule has 0 aliphatic carbocycles. The van der Waals surface area contributed by atoms with Gasteiger partial charge < -0.3 is 22.5 Å². The van der Waals surface area contributed by atoms with Crippen LogP contribution in [-0.2, 0) is 0 Å². The van der Waals surface area contributed by atoms with Gasteiger partial charge in [0.15, 0.2) is 0 Å². The minimum atomic E-state index is -0.645. The zero-order valence-corrected chi connectivity index (χ0v) is 9.91. The summed E-state index contributed by atoms with van der Waals surface area (Å²) in [5.74, 6) is -1.04. The van der Waals surface area contributed by atoms with Crippen molar-refractivity contribution in [2.24, 2.45) is 17.2 Å². The fraction of sp³-hybridized carbons (Fsp3) is 0.0833. The van der Waals surface area contributed by atoms with Gasteiger partial charge in [0, 0.05) is 18.3 Å². The van der Waals surface area contributed by atoms with Crippen molar-refractivity contribution in [3.05, 3.63) is 53.1 Å². The van der Waals surface area contributed by atoms with Crippen molar-refractivity contribution in [1.82, 2.24) is 5.32 Å². The van der Waals surface area contributed by atoms with Crippen molar-refractivity contribution in [2.45, 2.75) is 0 Å². The SMILES string of the molecule is CNC(=O)c1ccc(/C(N)=C/C=C(N)N)cc1F. The van der Waals surface area contributed by atoms with Crippen LogP contribution in [0.3, 0.4) is 0 Å². The van der Waals surface area contributed by atoms with Gasteiger partial charge in [-0.2, -0.15) is 0 Å². The quantitative estimate of drug-likeness (QED) is 0.576. The highest BCUT2D eigenvalue weighted by Crippen LogP contribution is 2.15. The monoisotopic (exact) mass is 250 g/mol. The van der Waals surface area contributed by atoms with Gasteiger partial charge in [-0.1, -0.05) is 6.07 Å². The third kappa shape index (κ3) is 3.24. The molecule has 7 N–H and O–H groups in total. The average Bonchev–Trinajstić information content (AvgIpc) is 2.34. The van der Waals surface area contributed by atoms with Gasteiger partial charge in [-0.25, -0.2) is 4.39 Å². The largest absolute Gasteiger partial charge is 0.398 e. The van der Waals surface area contributed by atoms with Crippen LogP contribution < -0.4 is 22.5 Å². The summed E-state index contributed by atoms with van der Waals surface area (Å²) in [7, 11) is 1.43. The smallest absolute Gasteiger partial charge is 0.253 e. The molecule has 1 aromatic rings. The van der Waals surface area contributed by atoms with Gasteiger partial charge in [0.25, 0.3) is 5.91 Å². The molecule has 0 spiro atoms. The molecular formula is C12H15FN4O. The Labute approximate surface area is 104 Å². The fourth-order valence-electron chi connectivity index (χ4n) is 1.30. The van der Waals surface area contributed by atoms with Crippen LogP contribution in [0.5, 0.6) is 0 Å². The van der Waals surface area contributed by atoms with Crippen LogP contribution in [0, 0.1) is 5.82 Å². The van der Waals surface area contributed by atoms with Gasteiger partial charge >= 0.3 is 0 Å². The lowest BCUT2D eigenvalue weighted by Gasteiger charge is -2.05. The van der Waals surface area contributed by atoms with Crippen molar-refractivity contribution < 1.29 is 9.18 Å². The standard InChI is InChI=1S/C12H15FN4O/c1-17-12(18)8-3-2-7(6-9(8)13)10(14)4-5-11(15)16/h2-6H,14-16H2,1H3,(H,17,18)/b10-4-. The molecule has 0 saturated heterocycles. The van der Waals surface area contributed by atoms with E-state index in [-0.39, 0.29) is 11.4 Å². The Kier molecular flexibility index (Phi) is 4.31. The van der Waals surface area contributed by atoms with Gasteiger partial charge in [-0.15, -0.1) is 0 Å². The molecular weight excluding hydrogens is 235 g/mol. The van der Waals surface area contributed by atoms with E-state index in [4.69, 9.17) is 17.2 Å². The maximum atomic E-state index is 13.6. The Bertz CT molecular complexity index is 519. The number of nitrogens with two attached hydrogens (primary N) is 3. The third-order valence-corrected chi connectivity index (χ3v) is 2.23. The van der Waals surface area contributed by atoms with Gasteiger partial charge in [0.1, 0.15) is 5.82 Å². The summed E-state index contributed by atoms with van der Waals surface area (Å²) in [6.07, 6.45) is 2.86. The van der Waals surface area contributed by atoms with Crippen LogP contribution in [0.2, 0.25) is 0 Å². The summed E-state index contributed by atoms with van der Waals surface area (Å²) in [6.45, 7) is 0. The van der Waals surface area contributed by atoms with Crippen molar-refractivity contribution in [3.8, 4) is 0 Å². The average molecular weight is 250 g/mol. The van der Waals surface area contributed by atoms with E-state index in [0.717, 1.165) is 0 Å². The molecule has 0 fully saturated rings. The zero-order valence-electron chi connectivity index (χ0n) is 9.91. The Balaban J connectivity index is 3.08. The first-order chi connectivity index (χ1) is 8.45. The van der Waals surface area contributed by atoms with Gasteiger partial charge in [0.05, 0.1) is 11.4 Å². The summed E-state index contributed by atoms with van der Waals surface area (Å²) in [6, 6.07) is 4.08. The van der Waals surface area contributed by atoms with E-state index in [1.54, 1.807) is 6.07 Å². The lowest BCUT2D eigenvalue weighted by Crippen LogP contribution is -2.19. The van der Waals surface area contributed by atoms with E-state index in [0.29, 0.717) is 11.3 Å². The predicted molar refractivity (Wildman–Crippen MR) is 68.4 cm³/mol. The number of nitrogens with one attached hydrogen (secondary N) is 1. The second-order valence-corrected chi connectivity index (χ2v) is 3.56. The van der Waals surface area contributed by atoms with E-state index < -0.39 is 11.7 Å². The molecule has 0 atom stereocenters. The molecule has 0 aliphatic rings. The minimum absolute atomic E-state index is 0.0390. The second kappa shape index (κ2) is 5.72. The molecule has 5 nitrogen and oxygen atoms in total. The van der Waals surface area contributed by atoms with E-state index in [1.165, 1.54) is 31.3 Å². The predicted octanol–water partition coefficient (Wildman–Crippen LogP) is 0.244. The molecule has 0 aliphatic heterocycles. The number of allylic oxidation sites excluding steroid dienone is 2. The first-order valence-electron chi connectivity index (χ1n) is 5.16. The molecule has 0 heterocycles. The number of benzene rings is 1. The highest BCUT2D eigenvalue weighted by Gasteiger charge is 2.10. The van der Waals surface area contributed by atoms with Crippen LogP contribution in [-0.4, -0.2) is 13.0 Å². The second-order valence-electron chi connectivity index (χ2n) is 3.56. The number of rotatable bonds is 3. The summed E-state index contributed by atoms with van der Waals surface area (Å²) < 4.78 is 13.6. The van der Waals surface area contributed by atoms with Gasteiger partial charge in [-0.05, 0) is 24.3 Å². The van der Waals surface area contributed by atoms with Crippen LogP contribution in [0.1, 0.15) is 15.9 Å². The summed E-state index contributed by atoms with van der Waals surface area (Å²) in [4.78, 5) is 11.3. The number of hydrogen-bond donors (Lipinski definition) is 4. The number of hydrogen-bond acceptors (Lipinski definition) is 4. The topological polar surface area (TPSA) is 107 Å². The van der Waals surface area contributed by atoms with E-state index in [1.807, 2.05) is 0 Å². The first-order valence-corrected chi connectivity index (χ1v) is 5.16. The van der Waals surface area contributed by atoms with Gasteiger partial charge in [-0.3, -0.25) is 4.79 Å². The highest BCUT2D eigenvalue weighted by atomic mass is 19.1. The fourth-order valence-corrected chi connectivity index (χ4v) is 1.30. The number of halogens is 1. The summed E-state index contributed by atoms with van der Waals surface area (Å²) >= 11 is 0. The van der Waals surface area contributed by atoms with Crippen molar-refractivity contribution in [2.75, 3.05) is 7.05 Å². The molecule has 0 saturated carbocycles. The van der Waals surface area contributed by atoms with Crippen molar-refractivity contribution in [3.63, 3.8) is 0 Å². The van der Waals surface area contributed by atoms with E-state index >= 15 is 0 Å². The third-order valence-electron chi connectivity index (χ3n) is 2.23. The molecule has 0 unspecified atom stereocenters. The molecule has 0 radical (unpaired) electrons.